The van der Waals surface area contributed by atoms with Gasteiger partial charge in [0.1, 0.15) is 0 Å². The van der Waals surface area contributed by atoms with E-state index in [1.54, 1.807) is 0 Å². The molecule has 1 aliphatic heterocycles. The lowest BCUT2D eigenvalue weighted by molar-refractivity contribution is -0.137. The van der Waals surface area contributed by atoms with Crippen LogP contribution in [0.5, 0.6) is 0 Å². The number of hydrogen-bond donors (Lipinski definition) is 1. The molecule has 1 amide bonds. The monoisotopic (exact) mass is 459 g/mol. The minimum absolute atomic E-state index is 0.0210. The van der Waals surface area contributed by atoms with Gasteiger partial charge in [-0.3, -0.25) is 14.6 Å². The summed E-state index contributed by atoms with van der Waals surface area (Å²) in [6.07, 6.45) is -4.53. The first-order valence-electron chi connectivity index (χ1n) is 10.6. The number of nitrogens with zero attached hydrogens (tertiary/aromatic N) is 4. The molecule has 1 aliphatic rings. The van der Waals surface area contributed by atoms with Gasteiger partial charge >= 0.3 is 6.18 Å². The summed E-state index contributed by atoms with van der Waals surface area (Å²) in [6.45, 7) is 4.52. The Labute approximate surface area is 189 Å². The van der Waals surface area contributed by atoms with Gasteiger partial charge in [-0.2, -0.15) is 13.2 Å². The van der Waals surface area contributed by atoms with Gasteiger partial charge < -0.3 is 9.73 Å². The van der Waals surface area contributed by atoms with Gasteiger partial charge in [0.25, 0.3) is 0 Å². The average Bonchev–Trinajstić information content (AvgIpc) is 3.30. The SMILES string of the molecule is C[C@H](c1nnc(-c2ccccc2)o1)N1CCN(CC(=O)Nc2ccccc2C(F)(F)F)CC1. The van der Waals surface area contributed by atoms with Crippen molar-refractivity contribution in [1.29, 1.82) is 0 Å². The molecule has 2 heterocycles. The summed E-state index contributed by atoms with van der Waals surface area (Å²) in [7, 11) is 0. The number of halogens is 3. The highest BCUT2D eigenvalue weighted by Gasteiger charge is 2.34. The Balaban J connectivity index is 1.30. The van der Waals surface area contributed by atoms with Crippen molar-refractivity contribution in [1.82, 2.24) is 20.0 Å². The van der Waals surface area contributed by atoms with Crippen molar-refractivity contribution in [3.63, 3.8) is 0 Å². The first-order valence-corrected chi connectivity index (χ1v) is 10.6. The second-order valence-corrected chi connectivity index (χ2v) is 7.89. The fourth-order valence-electron chi connectivity index (χ4n) is 3.80. The summed E-state index contributed by atoms with van der Waals surface area (Å²) in [6, 6.07) is 14.4. The number of alkyl halides is 3. The topological polar surface area (TPSA) is 74.5 Å². The lowest BCUT2D eigenvalue weighted by atomic mass is 10.1. The molecule has 1 atom stereocenters. The number of nitrogens with one attached hydrogen (secondary N) is 1. The van der Waals surface area contributed by atoms with E-state index in [4.69, 9.17) is 4.42 Å². The second kappa shape index (κ2) is 9.72. The zero-order valence-corrected chi connectivity index (χ0v) is 18.0. The van der Waals surface area contributed by atoms with Crippen molar-refractivity contribution in [3.05, 3.63) is 66.1 Å². The molecule has 0 aliphatic carbocycles. The van der Waals surface area contributed by atoms with E-state index in [1.165, 1.54) is 18.2 Å². The summed E-state index contributed by atoms with van der Waals surface area (Å²) < 4.78 is 45.2. The summed E-state index contributed by atoms with van der Waals surface area (Å²) >= 11 is 0. The first kappa shape index (κ1) is 22.9. The van der Waals surface area contributed by atoms with E-state index < -0.39 is 17.6 Å². The maximum Gasteiger partial charge on any atom is 0.418 e. The molecule has 3 aromatic rings. The van der Waals surface area contributed by atoms with E-state index in [1.807, 2.05) is 42.2 Å². The third kappa shape index (κ3) is 5.58. The Morgan fingerprint density at radius 1 is 1.03 bits per heavy atom. The average molecular weight is 459 g/mol. The minimum Gasteiger partial charge on any atom is -0.419 e. The number of anilines is 1. The predicted octanol–water partition coefficient (Wildman–Crippen LogP) is 4.07. The van der Waals surface area contributed by atoms with Gasteiger partial charge in [0.05, 0.1) is 23.8 Å². The zero-order chi connectivity index (χ0) is 23.4. The Kier molecular flexibility index (Phi) is 6.75. The van der Waals surface area contributed by atoms with E-state index in [0.29, 0.717) is 38.0 Å². The van der Waals surface area contributed by atoms with Crippen LogP contribution in [0.4, 0.5) is 18.9 Å². The molecule has 1 saturated heterocycles. The standard InChI is InChI=1S/C23H24F3N5O2/c1-16(21-28-29-22(33-21)17-7-3-2-4-8-17)31-13-11-30(12-14-31)15-20(32)27-19-10-6-5-9-18(19)23(24,25)26/h2-10,16H,11-15H2,1H3,(H,27,32)/t16-/m1/s1. The maximum atomic E-state index is 13.1. The van der Waals surface area contributed by atoms with Crippen LogP contribution in [-0.4, -0.2) is 58.6 Å². The van der Waals surface area contributed by atoms with Gasteiger partial charge in [0, 0.05) is 31.7 Å². The number of carbonyl (C=O) groups is 1. The summed E-state index contributed by atoms with van der Waals surface area (Å²) in [5.74, 6) is 0.508. The third-order valence-corrected chi connectivity index (χ3v) is 5.65. The second-order valence-electron chi connectivity index (χ2n) is 7.89. The summed E-state index contributed by atoms with van der Waals surface area (Å²) in [5, 5.41) is 10.7. The van der Waals surface area contributed by atoms with Crippen LogP contribution in [0.2, 0.25) is 0 Å². The maximum absolute atomic E-state index is 13.1. The quantitative estimate of drug-likeness (QED) is 0.599. The van der Waals surface area contributed by atoms with E-state index in [0.717, 1.165) is 11.6 Å². The van der Waals surface area contributed by atoms with Crippen LogP contribution >= 0.6 is 0 Å². The molecule has 2 aromatic carbocycles. The molecule has 174 valence electrons. The largest absolute Gasteiger partial charge is 0.419 e. The molecule has 0 bridgehead atoms. The molecule has 1 fully saturated rings. The number of amides is 1. The Hall–Kier alpha value is -3.24. The molecule has 1 N–H and O–H groups in total. The molecule has 10 heteroatoms. The van der Waals surface area contributed by atoms with Gasteiger partial charge in [-0.25, -0.2) is 0 Å². The van der Waals surface area contributed by atoms with Crippen LogP contribution < -0.4 is 5.32 Å². The summed E-state index contributed by atoms with van der Waals surface area (Å²) in [4.78, 5) is 16.5. The molecule has 0 radical (unpaired) electrons. The van der Waals surface area contributed by atoms with Gasteiger partial charge in [0.15, 0.2) is 0 Å². The van der Waals surface area contributed by atoms with Gasteiger partial charge in [0.2, 0.25) is 17.7 Å². The predicted molar refractivity (Wildman–Crippen MR) is 116 cm³/mol. The molecule has 0 saturated carbocycles. The van der Waals surface area contributed by atoms with Crippen LogP contribution in [0.1, 0.15) is 24.4 Å². The van der Waals surface area contributed by atoms with Crippen LogP contribution in [-0.2, 0) is 11.0 Å². The molecular formula is C23H24F3N5O2. The number of aromatic nitrogens is 2. The van der Waals surface area contributed by atoms with E-state index in [-0.39, 0.29) is 18.3 Å². The highest BCUT2D eigenvalue weighted by Crippen LogP contribution is 2.34. The first-order chi connectivity index (χ1) is 15.8. The Morgan fingerprint density at radius 2 is 1.70 bits per heavy atom. The normalized spacial score (nSPS) is 16.5. The summed E-state index contributed by atoms with van der Waals surface area (Å²) in [5.41, 5.74) is -0.231. The van der Waals surface area contributed by atoms with E-state index in [2.05, 4.69) is 20.4 Å². The van der Waals surface area contributed by atoms with Crippen molar-refractivity contribution in [2.24, 2.45) is 0 Å². The lowest BCUT2D eigenvalue weighted by Crippen LogP contribution is -2.49. The molecule has 1 aromatic heterocycles. The number of hydrogen-bond acceptors (Lipinski definition) is 6. The third-order valence-electron chi connectivity index (χ3n) is 5.65. The lowest BCUT2D eigenvalue weighted by Gasteiger charge is -2.36. The van der Waals surface area contributed by atoms with Crippen molar-refractivity contribution in [2.75, 3.05) is 38.0 Å². The van der Waals surface area contributed by atoms with Gasteiger partial charge in [-0.15, -0.1) is 10.2 Å². The fourth-order valence-corrected chi connectivity index (χ4v) is 3.80. The van der Waals surface area contributed by atoms with Crippen LogP contribution in [0.15, 0.2) is 59.0 Å². The van der Waals surface area contributed by atoms with E-state index >= 15 is 0 Å². The molecule has 33 heavy (non-hydrogen) atoms. The Bertz CT molecular complexity index is 1080. The molecule has 7 nitrogen and oxygen atoms in total. The zero-order valence-electron chi connectivity index (χ0n) is 18.0. The molecule has 4 rings (SSSR count). The molecule has 0 unspecified atom stereocenters. The highest BCUT2D eigenvalue weighted by molar-refractivity contribution is 5.93. The van der Waals surface area contributed by atoms with Crippen molar-refractivity contribution in [3.8, 4) is 11.5 Å². The van der Waals surface area contributed by atoms with Crippen LogP contribution in [0.3, 0.4) is 0 Å². The minimum atomic E-state index is -4.53. The van der Waals surface area contributed by atoms with Gasteiger partial charge in [-0.1, -0.05) is 30.3 Å². The van der Waals surface area contributed by atoms with E-state index in [9.17, 15) is 18.0 Å². The van der Waals surface area contributed by atoms with Gasteiger partial charge in [-0.05, 0) is 31.2 Å². The molecular weight excluding hydrogens is 435 g/mol. The number of para-hydroxylation sites is 1. The van der Waals surface area contributed by atoms with Crippen molar-refractivity contribution < 1.29 is 22.4 Å². The van der Waals surface area contributed by atoms with Crippen molar-refractivity contribution in [2.45, 2.75) is 19.1 Å². The number of rotatable bonds is 6. The number of carbonyl (C=O) groups excluding carboxylic acids is 1. The number of piperazine rings is 1. The smallest absolute Gasteiger partial charge is 0.418 e. The van der Waals surface area contributed by atoms with Crippen LogP contribution in [0, 0.1) is 0 Å². The Morgan fingerprint density at radius 3 is 2.39 bits per heavy atom. The van der Waals surface area contributed by atoms with Crippen molar-refractivity contribution >= 4 is 11.6 Å². The van der Waals surface area contributed by atoms with Crippen LogP contribution in [0.25, 0.3) is 11.5 Å². The number of benzene rings is 2. The highest BCUT2D eigenvalue weighted by atomic mass is 19.4. The fraction of sp³-hybridized carbons (Fsp3) is 0.348. The molecule has 0 spiro atoms.